The Morgan fingerprint density at radius 3 is 2.22 bits per heavy atom. The molecule has 0 radical (unpaired) electrons. The van der Waals surface area contributed by atoms with Crippen molar-refractivity contribution in [1.29, 1.82) is 0 Å². The van der Waals surface area contributed by atoms with Gasteiger partial charge in [-0.05, 0) is 65.3 Å². The third kappa shape index (κ3) is 3.71. The van der Waals surface area contributed by atoms with Crippen LogP contribution in [0.5, 0.6) is 0 Å². The lowest BCUT2D eigenvalue weighted by atomic mass is 10.2. The minimum Gasteiger partial charge on any atom is -0.356 e. The lowest BCUT2D eigenvalue weighted by Crippen LogP contribution is -2.29. The van der Waals surface area contributed by atoms with Gasteiger partial charge < -0.3 is 10.5 Å². The summed E-state index contributed by atoms with van der Waals surface area (Å²) >= 11 is 0. The quantitative estimate of drug-likeness (QED) is 0.418. The Morgan fingerprint density at radius 2 is 1.52 bits per heavy atom. The molecule has 5 nitrogen and oxygen atoms in total. The second kappa shape index (κ2) is 6.70. The Hall–Kier alpha value is -3.21. The van der Waals surface area contributed by atoms with E-state index in [0.29, 0.717) is 11.5 Å². The molecule has 0 aliphatic carbocycles. The van der Waals surface area contributed by atoms with Gasteiger partial charge in [-0.2, -0.15) is 0 Å². The fourth-order valence-electron chi connectivity index (χ4n) is 2.12. The van der Waals surface area contributed by atoms with Crippen LogP contribution in [0.2, 0.25) is 0 Å². The monoisotopic (exact) mass is 305 g/mol. The number of pyridine rings is 1. The van der Waals surface area contributed by atoms with Crippen LogP contribution < -0.4 is 10.0 Å². The molecule has 0 amide bonds. The molecule has 1 heterocycles. The third-order valence-corrected chi connectivity index (χ3v) is 3.33. The topological polar surface area (TPSA) is 60.9 Å². The summed E-state index contributed by atoms with van der Waals surface area (Å²) in [5.41, 5.74) is 3.57. The van der Waals surface area contributed by atoms with E-state index in [4.69, 9.17) is 0 Å². The molecule has 0 saturated carbocycles. The maximum absolute atomic E-state index is 9.73. The Kier molecular flexibility index (Phi) is 4.29. The molecular weight excluding hydrogens is 288 g/mol. The summed E-state index contributed by atoms with van der Waals surface area (Å²) < 4.78 is 0.962. The van der Waals surface area contributed by atoms with Crippen LogP contribution in [0.1, 0.15) is 5.56 Å². The van der Waals surface area contributed by atoms with Crippen LogP contribution in [0.15, 0.2) is 83.2 Å². The highest BCUT2D eigenvalue weighted by Crippen LogP contribution is 2.22. The van der Waals surface area contributed by atoms with Crippen molar-refractivity contribution >= 4 is 22.9 Å². The maximum Gasteiger partial charge on any atom is 0.391 e. The number of hydrogen-bond donors (Lipinski definition) is 2. The lowest BCUT2D eigenvalue weighted by molar-refractivity contribution is -0.894. The SMILES string of the molecule is Cc1ccc[n+](O)c1N=Nc1ccc(Nc2ccccc2)cc1. The van der Waals surface area contributed by atoms with Crippen LogP contribution in [-0.2, 0) is 0 Å². The predicted molar refractivity (Wildman–Crippen MR) is 88.9 cm³/mol. The number of para-hydroxylation sites is 1. The van der Waals surface area contributed by atoms with Crippen molar-refractivity contribution in [1.82, 2.24) is 0 Å². The molecule has 0 atom stereocenters. The minimum atomic E-state index is 0.416. The van der Waals surface area contributed by atoms with Crippen molar-refractivity contribution in [2.24, 2.45) is 10.2 Å². The number of aryl methyl sites for hydroxylation is 1. The molecule has 114 valence electrons. The van der Waals surface area contributed by atoms with Crippen LogP contribution in [0.25, 0.3) is 0 Å². The van der Waals surface area contributed by atoms with Gasteiger partial charge in [-0.25, -0.2) is 0 Å². The Morgan fingerprint density at radius 1 is 0.826 bits per heavy atom. The molecule has 0 aliphatic rings. The smallest absolute Gasteiger partial charge is 0.356 e. The molecule has 23 heavy (non-hydrogen) atoms. The largest absolute Gasteiger partial charge is 0.391 e. The molecule has 0 bridgehead atoms. The first-order valence-corrected chi connectivity index (χ1v) is 7.27. The van der Waals surface area contributed by atoms with Crippen molar-refractivity contribution in [3.8, 4) is 0 Å². The number of nitrogens with zero attached hydrogens (tertiary/aromatic N) is 3. The van der Waals surface area contributed by atoms with Gasteiger partial charge in [-0.15, -0.1) is 0 Å². The highest BCUT2D eigenvalue weighted by molar-refractivity contribution is 5.61. The number of rotatable bonds is 4. The first-order valence-electron chi connectivity index (χ1n) is 7.27. The van der Waals surface area contributed by atoms with Gasteiger partial charge in [-0.1, -0.05) is 18.2 Å². The third-order valence-electron chi connectivity index (χ3n) is 3.33. The van der Waals surface area contributed by atoms with Gasteiger partial charge in [0.2, 0.25) is 0 Å². The molecule has 1 aromatic heterocycles. The number of benzene rings is 2. The van der Waals surface area contributed by atoms with Crippen molar-refractivity contribution in [2.75, 3.05) is 5.32 Å². The van der Waals surface area contributed by atoms with Gasteiger partial charge in [-0.3, -0.25) is 0 Å². The first kappa shape index (κ1) is 14.7. The number of anilines is 2. The van der Waals surface area contributed by atoms with Gasteiger partial charge in [0.15, 0.2) is 0 Å². The predicted octanol–water partition coefficient (Wildman–Crippen LogP) is 4.68. The Bertz CT molecular complexity index is 794. The van der Waals surface area contributed by atoms with E-state index in [1.807, 2.05) is 67.6 Å². The first-order chi connectivity index (χ1) is 11.2. The number of azo groups is 1. The van der Waals surface area contributed by atoms with Gasteiger partial charge in [0.1, 0.15) is 11.9 Å². The zero-order valence-electron chi connectivity index (χ0n) is 12.7. The second-order valence-electron chi connectivity index (χ2n) is 5.10. The fraction of sp³-hybridized carbons (Fsp3) is 0.0556. The van der Waals surface area contributed by atoms with E-state index in [1.165, 1.54) is 6.20 Å². The average molecular weight is 305 g/mol. The molecular formula is C18H17N4O+. The zero-order chi connectivity index (χ0) is 16.1. The normalized spacial score (nSPS) is 10.8. The van der Waals surface area contributed by atoms with Gasteiger partial charge in [0.05, 0.1) is 5.11 Å². The summed E-state index contributed by atoms with van der Waals surface area (Å²) in [6.45, 7) is 1.87. The zero-order valence-corrected chi connectivity index (χ0v) is 12.7. The molecule has 5 heteroatoms. The molecule has 0 spiro atoms. The molecule has 0 unspecified atom stereocenters. The summed E-state index contributed by atoms with van der Waals surface area (Å²) in [6, 6.07) is 21.2. The van der Waals surface area contributed by atoms with E-state index < -0.39 is 0 Å². The van der Waals surface area contributed by atoms with E-state index in [9.17, 15) is 5.21 Å². The van der Waals surface area contributed by atoms with Crippen LogP contribution in [0.3, 0.4) is 0 Å². The Balaban J connectivity index is 1.74. The van der Waals surface area contributed by atoms with Crippen molar-refractivity contribution in [3.05, 3.63) is 78.5 Å². The number of hydrogen-bond acceptors (Lipinski definition) is 4. The molecule has 0 aliphatic heterocycles. The molecule has 0 saturated heterocycles. The van der Waals surface area contributed by atoms with E-state index in [2.05, 4.69) is 15.5 Å². The van der Waals surface area contributed by atoms with E-state index in [-0.39, 0.29) is 0 Å². The Labute approximate surface area is 134 Å². The highest BCUT2D eigenvalue weighted by atomic mass is 16.5. The molecule has 3 aromatic rings. The van der Waals surface area contributed by atoms with Crippen LogP contribution in [0, 0.1) is 6.92 Å². The number of nitrogens with one attached hydrogen (secondary N) is 1. The van der Waals surface area contributed by atoms with Crippen molar-refractivity contribution in [2.45, 2.75) is 6.92 Å². The van der Waals surface area contributed by atoms with Crippen molar-refractivity contribution in [3.63, 3.8) is 0 Å². The van der Waals surface area contributed by atoms with E-state index in [0.717, 1.165) is 21.7 Å². The molecule has 3 rings (SSSR count). The molecule has 2 N–H and O–H groups in total. The van der Waals surface area contributed by atoms with Gasteiger partial charge in [0, 0.05) is 16.9 Å². The summed E-state index contributed by atoms with van der Waals surface area (Å²) in [5, 5.41) is 21.3. The molecule has 0 fully saturated rings. The van der Waals surface area contributed by atoms with Gasteiger partial charge >= 0.3 is 5.82 Å². The van der Waals surface area contributed by atoms with Crippen LogP contribution in [0.4, 0.5) is 22.9 Å². The van der Waals surface area contributed by atoms with Gasteiger partial charge in [0.25, 0.3) is 0 Å². The summed E-state index contributed by atoms with van der Waals surface area (Å²) in [6.07, 6.45) is 1.52. The average Bonchev–Trinajstić information content (AvgIpc) is 2.57. The summed E-state index contributed by atoms with van der Waals surface area (Å²) in [7, 11) is 0. The number of aromatic nitrogens is 1. The van der Waals surface area contributed by atoms with E-state index >= 15 is 0 Å². The van der Waals surface area contributed by atoms with Crippen LogP contribution in [-0.4, -0.2) is 5.21 Å². The highest BCUT2D eigenvalue weighted by Gasteiger charge is 2.12. The molecule has 2 aromatic carbocycles. The van der Waals surface area contributed by atoms with Crippen molar-refractivity contribution < 1.29 is 9.94 Å². The fourth-order valence-corrected chi connectivity index (χ4v) is 2.12. The summed E-state index contributed by atoms with van der Waals surface area (Å²) in [4.78, 5) is 0. The van der Waals surface area contributed by atoms with E-state index in [1.54, 1.807) is 6.07 Å². The summed E-state index contributed by atoms with van der Waals surface area (Å²) in [5.74, 6) is 0.416. The lowest BCUT2D eigenvalue weighted by Gasteiger charge is -2.05. The standard InChI is InChI=1S/C18H16N4O/c1-14-6-5-13-22(23)18(14)21-20-17-11-9-16(10-12-17)19-15-7-3-2-4-8-15/h2-13,23H,1H3/p+1. The minimum absolute atomic E-state index is 0.416. The van der Waals surface area contributed by atoms with Crippen LogP contribution >= 0.6 is 0 Å². The second-order valence-corrected chi connectivity index (χ2v) is 5.10. The maximum atomic E-state index is 9.73.